The molecule has 0 aliphatic rings. The van der Waals surface area contributed by atoms with Gasteiger partial charge in [0.05, 0.1) is 5.92 Å². The number of hydrogen-bond donors (Lipinski definition) is 3. The van der Waals surface area contributed by atoms with Crippen molar-refractivity contribution in [3.8, 4) is 0 Å². The molecule has 3 N–H and O–H groups in total. The Bertz CT molecular complexity index is 738. The van der Waals surface area contributed by atoms with E-state index in [1.54, 1.807) is 46.8 Å². The van der Waals surface area contributed by atoms with Gasteiger partial charge in [-0.3, -0.25) is 9.59 Å². The lowest BCUT2D eigenvalue weighted by atomic mass is 10.1. The van der Waals surface area contributed by atoms with E-state index in [1.807, 2.05) is 31.2 Å². The highest BCUT2D eigenvalue weighted by Crippen LogP contribution is 2.15. The Kier molecular flexibility index (Phi) is 9.38. The standard InChI is InChI=1S/C22H33N3O4/c1-7-23-20(27)18(25-21(28)29-22(4,5)6)14-10-12-16(3)19(26)24-17-13-9-8-11-15(17)2/h8-13,16,18H,7,14H2,1-6H3,(H,23,27)(H,24,26)(H,25,28)/b12-10+. The van der Waals surface area contributed by atoms with Crippen LogP contribution in [0.3, 0.4) is 0 Å². The fourth-order valence-electron chi connectivity index (χ4n) is 2.44. The molecule has 2 atom stereocenters. The summed E-state index contributed by atoms with van der Waals surface area (Å²) in [6.07, 6.45) is 3.02. The van der Waals surface area contributed by atoms with E-state index < -0.39 is 23.7 Å². The van der Waals surface area contributed by atoms with Gasteiger partial charge in [0.15, 0.2) is 0 Å². The van der Waals surface area contributed by atoms with Crippen molar-refractivity contribution in [3.05, 3.63) is 42.0 Å². The first-order valence-electron chi connectivity index (χ1n) is 9.84. The van der Waals surface area contributed by atoms with E-state index in [-0.39, 0.29) is 18.2 Å². The Balaban J connectivity index is 2.69. The van der Waals surface area contributed by atoms with Crippen LogP contribution in [0.5, 0.6) is 0 Å². The van der Waals surface area contributed by atoms with Crippen molar-refractivity contribution in [1.82, 2.24) is 10.6 Å². The maximum atomic E-state index is 12.4. The molecule has 0 bridgehead atoms. The number of likely N-dealkylation sites (N-methyl/N-ethyl adjacent to an activating group) is 1. The fourth-order valence-corrected chi connectivity index (χ4v) is 2.44. The summed E-state index contributed by atoms with van der Waals surface area (Å²) in [5.41, 5.74) is 1.09. The summed E-state index contributed by atoms with van der Waals surface area (Å²) in [6, 6.07) is 6.76. The number of carbonyl (C=O) groups excluding carboxylic acids is 3. The van der Waals surface area contributed by atoms with Gasteiger partial charge in [-0.05, 0) is 52.7 Å². The minimum absolute atomic E-state index is 0.148. The topological polar surface area (TPSA) is 96.5 Å². The number of alkyl carbamates (subject to hydrolysis) is 1. The Morgan fingerprint density at radius 1 is 1.14 bits per heavy atom. The number of para-hydroxylation sites is 1. The quantitative estimate of drug-likeness (QED) is 0.578. The summed E-state index contributed by atoms with van der Waals surface area (Å²) in [7, 11) is 0. The summed E-state index contributed by atoms with van der Waals surface area (Å²) in [5, 5.41) is 8.16. The van der Waals surface area contributed by atoms with Crippen molar-refractivity contribution in [1.29, 1.82) is 0 Å². The van der Waals surface area contributed by atoms with Crippen LogP contribution in [0.2, 0.25) is 0 Å². The van der Waals surface area contributed by atoms with Gasteiger partial charge in [0.25, 0.3) is 0 Å². The van der Waals surface area contributed by atoms with E-state index in [0.29, 0.717) is 6.54 Å². The van der Waals surface area contributed by atoms with Gasteiger partial charge < -0.3 is 20.7 Å². The molecule has 29 heavy (non-hydrogen) atoms. The molecule has 0 aliphatic carbocycles. The molecule has 0 saturated carbocycles. The first-order valence-corrected chi connectivity index (χ1v) is 9.84. The lowest BCUT2D eigenvalue weighted by molar-refractivity contribution is -0.123. The fraction of sp³-hybridized carbons (Fsp3) is 0.500. The molecule has 1 aromatic carbocycles. The number of ether oxygens (including phenoxy) is 1. The number of anilines is 1. The number of carbonyl (C=O) groups is 3. The molecule has 0 heterocycles. The molecule has 0 aromatic heterocycles. The summed E-state index contributed by atoms with van der Waals surface area (Å²) >= 11 is 0. The first kappa shape index (κ1) is 24.2. The van der Waals surface area contributed by atoms with Crippen molar-refractivity contribution in [3.63, 3.8) is 0 Å². The van der Waals surface area contributed by atoms with Crippen LogP contribution in [0.1, 0.15) is 46.6 Å². The molecule has 7 heteroatoms. The van der Waals surface area contributed by atoms with E-state index in [2.05, 4.69) is 16.0 Å². The van der Waals surface area contributed by atoms with Gasteiger partial charge in [0.1, 0.15) is 11.6 Å². The van der Waals surface area contributed by atoms with Crippen LogP contribution in [0.25, 0.3) is 0 Å². The van der Waals surface area contributed by atoms with E-state index >= 15 is 0 Å². The zero-order chi connectivity index (χ0) is 22.0. The Morgan fingerprint density at radius 2 is 1.79 bits per heavy atom. The van der Waals surface area contributed by atoms with Gasteiger partial charge in [-0.25, -0.2) is 4.79 Å². The first-order chi connectivity index (χ1) is 13.5. The third-order valence-corrected chi connectivity index (χ3v) is 3.97. The molecule has 2 unspecified atom stereocenters. The second kappa shape index (κ2) is 11.2. The van der Waals surface area contributed by atoms with Crippen molar-refractivity contribution < 1.29 is 19.1 Å². The van der Waals surface area contributed by atoms with Crippen LogP contribution in [0.4, 0.5) is 10.5 Å². The molecule has 1 aromatic rings. The average molecular weight is 404 g/mol. The van der Waals surface area contributed by atoms with Crippen LogP contribution in [0.15, 0.2) is 36.4 Å². The molecular weight excluding hydrogens is 370 g/mol. The Labute approximate surface area is 173 Å². The van der Waals surface area contributed by atoms with E-state index in [4.69, 9.17) is 4.74 Å². The summed E-state index contributed by atoms with van der Waals surface area (Å²) in [5.74, 6) is -0.851. The molecule has 0 spiro atoms. The van der Waals surface area contributed by atoms with Crippen molar-refractivity contribution in [2.24, 2.45) is 5.92 Å². The number of nitrogens with one attached hydrogen (secondary N) is 3. The van der Waals surface area contributed by atoms with Gasteiger partial charge in [-0.1, -0.05) is 37.3 Å². The van der Waals surface area contributed by atoms with Crippen molar-refractivity contribution in [2.45, 2.75) is 59.6 Å². The maximum Gasteiger partial charge on any atom is 0.408 e. The van der Waals surface area contributed by atoms with Crippen molar-refractivity contribution in [2.75, 3.05) is 11.9 Å². The molecular formula is C22H33N3O4. The largest absolute Gasteiger partial charge is 0.444 e. The monoisotopic (exact) mass is 403 g/mol. The van der Waals surface area contributed by atoms with E-state index in [1.165, 1.54) is 0 Å². The minimum Gasteiger partial charge on any atom is -0.444 e. The lowest BCUT2D eigenvalue weighted by Gasteiger charge is -2.22. The van der Waals surface area contributed by atoms with Gasteiger partial charge >= 0.3 is 6.09 Å². The third-order valence-electron chi connectivity index (χ3n) is 3.97. The van der Waals surface area contributed by atoms with Crippen LogP contribution in [-0.4, -0.2) is 36.1 Å². The SMILES string of the molecule is CCNC(=O)C(C/C=C/C(C)C(=O)Nc1ccccc1C)NC(=O)OC(C)(C)C. The van der Waals surface area contributed by atoms with Gasteiger partial charge in [0.2, 0.25) is 11.8 Å². The molecule has 160 valence electrons. The maximum absolute atomic E-state index is 12.4. The van der Waals surface area contributed by atoms with Crippen LogP contribution < -0.4 is 16.0 Å². The van der Waals surface area contributed by atoms with Gasteiger partial charge in [-0.15, -0.1) is 0 Å². The number of hydrogen-bond acceptors (Lipinski definition) is 4. The van der Waals surface area contributed by atoms with E-state index in [0.717, 1.165) is 11.3 Å². The molecule has 7 nitrogen and oxygen atoms in total. The summed E-state index contributed by atoms with van der Waals surface area (Å²) in [6.45, 7) is 11.2. The zero-order valence-corrected chi connectivity index (χ0v) is 18.2. The highest BCUT2D eigenvalue weighted by Gasteiger charge is 2.23. The predicted octanol–water partition coefficient (Wildman–Crippen LogP) is 3.55. The molecule has 0 fully saturated rings. The Hall–Kier alpha value is -2.83. The normalized spacial score (nSPS) is 13.4. The minimum atomic E-state index is -0.785. The second-order valence-corrected chi connectivity index (χ2v) is 7.85. The molecule has 0 aliphatic heterocycles. The van der Waals surface area contributed by atoms with Crippen LogP contribution >= 0.6 is 0 Å². The number of amides is 3. The van der Waals surface area contributed by atoms with E-state index in [9.17, 15) is 14.4 Å². The smallest absolute Gasteiger partial charge is 0.408 e. The summed E-state index contributed by atoms with van der Waals surface area (Å²) in [4.78, 5) is 36.6. The van der Waals surface area contributed by atoms with Gasteiger partial charge in [-0.2, -0.15) is 0 Å². The molecule has 0 saturated heterocycles. The molecule has 1 rings (SSSR count). The van der Waals surface area contributed by atoms with Crippen molar-refractivity contribution >= 4 is 23.6 Å². The lowest BCUT2D eigenvalue weighted by Crippen LogP contribution is -2.47. The number of aryl methyl sites for hydroxylation is 1. The Morgan fingerprint density at radius 3 is 2.38 bits per heavy atom. The van der Waals surface area contributed by atoms with Gasteiger partial charge in [0, 0.05) is 12.2 Å². The highest BCUT2D eigenvalue weighted by molar-refractivity contribution is 5.94. The summed E-state index contributed by atoms with van der Waals surface area (Å²) < 4.78 is 5.22. The van der Waals surface area contributed by atoms with Crippen LogP contribution in [-0.2, 0) is 14.3 Å². The zero-order valence-electron chi connectivity index (χ0n) is 18.2. The third kappa shape index (κ3) is 9.27. The molecule has 0 radical (unpaired) electrons. The van der Waals surface area contributed by atoms with Crippen LogP contribution in [0, 0.1) is 12.8 Å². The predicted molar refractivity (Wildman–Crippen MR) is 115 cm³/mol. The second-order valence-electron chi connectivity index (χ2n) is 7.85. The molecule has 3 amide bonds. The average Bonchev–Trinajstić information content (AvgIpc) is 2.61. The number of benzene rings is 1. The number of rotatable bonds is 8. The highest BCUT2D eigenvalue weighted by atomic mass is 16.6.